The molecule has 1 heterocycles. The summed E-state index contributed by atoms with van der Waals surface area (Å²) < 4.78 is 38.4. The van der Waals surface area contributed by atoms with E-state index in [0.717, 1.165) is 19.3 Å². The molecule has 0 aromatic heterocycles. The second-order valence-corrected chi connectivity index (χ2v) is 8.59. The molecule has 1 fully saturated rings. The number of nitrogens with zero attached hydrogens (tertiary/aromatic N) is 2. The summed E-state index contributed by atoms with van der Waals surface area (Å²) in [5.41, 5.74) is 0.926. The lowest BCUT2D eigenvalue weighted by atomic mass is 10.2. The molecule has 0 aliphatic carbocycles. The summed E-state index contributed by atoms with van der Waals surface area (Å²) in [6, 6.07) is 9.91. The van der Waals surface area contributed by atoms with Crippen LogP contribution in [0.3, 0.4) is 0 Å². The number of phenols is 1. The van der Waals surface area contributed by atoms with Crippen LogP contribution in [-0.2, 0) is 10.0 Å². The van der Waals surface area contributed by atoms with Crippen LogP contribution in [0.1, 0.15) is 31.7 Å². The minimum absolute atomic E-state index is 0.00669. The van der Waals surface area contributed by atoms with Crippen LogP contribution in [-0.4, -0.2) is 50.9 Å². The van der Waals surface area contributed by atoms with E-state index in [2.05, 4.69) is 4.99 Å². The van der Waals surface area contributed by atoms with E-state index in [1.807, 2.05) is 6.92 Å². The SMILES string of the molecule is CCOc1cccc(C=Nc2ccc(OC)c(S(=O)(=O)N3CCCCC3)c2)c1O. The number of rotatable bonds is 7. The number of hydrogen-bond acceptors (Lipinski definition) is 6. The largest absolute Gasteiger partial charge is 0.504 e. The number of methoxy groups -OCH3 is 1. The number of sulfonamides is 1. The van der Waals surface area contributed by atoms with Crippen molar-refractivity contribution in [1.29, 1.82) is 0 Å². The second-order valence-electron chi connectivity index (χ2n) is 6.69. The number of para-hydroxylation sites is 1. The van der Waals surface area contributed by atoms with Crippen molar-refractivity contribution in [3.05, 3.63) is 42.0 Å². The Hall–Kier alpha value is -2.58. The molecule has 0 bridgehead atoms. The first-order chi connectivity index (χ1) is 14.0. The van der Waals surface area contributed by atoms with Gasteiger partial charge in [-0.2, -0.15) is 4.31 Å². The van der Waals surface area contributed by atoms with Gasteiger partial charge >= 0.3 is 0 Å². The van der Waals surface area contributed by atoms with Gasteiger partial charge in [-0.25, -0.2) is 8.42 Å². The molecule has 1 N–H and O–H groups in total. The molecular formula is C21H26N2O5S. The Bertz CT molecular complexity index is 983. The van der Waals surface area contributed by atoms with Gasteiger partial charge in [0, 0.05) is 24.9 Å². The highest BCUT2D eigenvalue weighted by molar-refractivity contribution is 7.89. The van der Waals surface area contributed by atoms with Crippen LogP contribution in [0.15, 0.2) is 46.3 Å². The number of ether oxygens (including phenoxy) is 2. The molecule has 29 heavy (non-hydrogen) atoms. The predicted molar refractivity (Wildman–Crippen MR) is 112 cm³/mol. The quantitative estimate of drug-likeness (QED) is 0.692. The minimum atomic E-state index is -3.67. The lowest BCUT2D eigenvalue weighted by Gasteiger charge is -2.26. The van der Waals surface area contributed by atoms with Crippen LogP contribution in [0.2, 0.25) is 0 Å². The van der Waals surface area contributed by atoms with E-state index < -0.39 is 10.0 Å². The summed E-state index contributed by atoms with van der Waals surface area (Å²) in [6.07, 6.45) is 4.23. The van der Waals surface area contributed by atoms with E-state index in [0.29, 0.717) is 36.7 Å². The van der Waals surface area contributed by atoms with Crippen LogP contribution >= 0.6 is 0 Å². The van der Waals surface area contributed by atoms with Gasteiger partial charge in [0.2, 0.25) is 10.0 Å². The van der Waals surface area contributed by atoms with Gasteiger partial charge < -0.3 is 14.6 Å². The zero-order valence-electron chi connectivity index (χ0n) is 16.7. The first-order valence-electron chi connectivity index (χ1n) is 9.64. The van der Waals surface area contributed by atoms with Gasteiger partial charge in [-0.1, -0.05) is 12.5 Å². The normalized spacial score (nSPS) is 15.5. The molecule has 156 valence electrons. The third-order valence-electron chi connectivity index (χ3n) is 4.76. The highest BCUT2D eigenvalue weighted by Crippen LogP contribution is 2.33. The van der Waals surface area contributed by atoms with Crippen LogP contribution in [0.25, 0.3) is 0 Å². The summed E-state index contributed by atoms with van der Waals surface area (Å²) in [7, 11) is -2.22. The highest BCUT2D eigenvalue weighted by atomic mass is 32.2. The summed E-state index contributed by atoms with van der Waals surface area (Å²) in [5, 5.41) is 10.3. The third kappa shape index (κ3) is 4.71. The Balaban J connectivity index is 1.93. The maximum Gasteiger partial charge on any atom is 0.246 e. The maximum absolute atomic E-state index is 13.1. The zero-order valence-corrected chi connectivity index (χ0v) is 17.5. The monoisotopic (exact) mass is 418 g/mol. The van der Waals surface area contributed by atoms with E-state index in [-0.39, 0.29) is 16.4 Å². The molecule has 0 unspecified atom stereocenters. The van der Waals surface area contributed by atoms with Gasteiger partial charge in [0.25, 0.3) is 0 Å². The molecule has 0 radical (unpaired) electrons. The highest BCUT2D eigenvalue weighted by Gasteiger charge is 2.29. The van der Waals surface area contributed by atoms with E-state index >= 15 is 0 Å². The summed E-state index contributed by atoms with van der Waals surface area (Å²) in [4.78, 5) is 4.45. The number of aromatic hydroxyl groups is 1. The van der Waals surface area contributed by atoms with Crippen molar-refractivity contribution in [3.8, 4) is 17.2 Å². The van der Waals surface area contributed by atoms with E-state index in [9.17, 15) is 13.5 Å². The molecule has 0 spiro atoms. The fourth-order valence-corrected chi connectivity index (χ4v) is 4.94. The molecule has 2 aromatic rings. The average molecular weight is 419 g/mol. The molecule has 0 atom stereocenters. The number of aliphatic imine (C=N–C) groups is 1. The summed E-state index contributed by atoms with van der Waals surface area (Å²) in [6.45, 7) is 3.29. The number of piperidine rings is 1. The van der Waals surface area contributed by atoms with Crippen LogP contribution in [0.5, 0.6) is 17.2 Å². The average Bonchev–Trinajstić information content (AvgIpc) is 2.75. The number of hydrogen-bond donors (Lipinski definition) is 1. The fraction of sp³-hybridized carbons (Fsp3) is 0.381. The molecule has 8 heteroatoms. The van der Waals surface area contributed by atoms with Crippen LogP contribution in [0.4, 0.5) is 5.69 Å². The Labute approximate surface area is 171 Å². The molecule has 0 saturated carbocycles. The first-order valence-corrected chi connectivity index (χ1v) is 11.1. The number of benzene rings is 2. The molecule has 7 nitrogen and oxygen atoms in total. The zero-order chi connectivity index (χ0) is 20.9. The van der Waals surface area contributed by atoms with Crippen molar-refractivity contribution in [1.82, 2.24) is 4.31 Å². The molecule has 1 saturated heterocycles. The van der Waals surface area contributed by atoms with Gasteiger partial charge in [-0.05, 0) is 50.1 Å². The molecular weight excluding hydrogens is 392 g/mol. The van der Waals surface area contributed by atoms with Crippen molar-refractivity contribution in [3.63, 3.8) is 0 Å². The van der Waals surface area contributed by atoms with Crippen LogP contribution in [0, 0.1) is 0 Å². The van der Waals surface area contributed by atoms with Crippen molar-refractivity contribution in [2.24, 2.45) is 4.99 Å². The fourth-order valence-electron chi connectivity index (χ4n) is 3.25. The molecule has 3 rings (SSSR count). The van der Waals surface area contributed by atoms with Crippen molar-refractivity contribution in [2.45, 2.75) is 31.1 Å². The van der Waals surface area contributed by atoms with Gasteiger partial charge in [-0.15, -0.1) is 0 Å². The Morgan fingerprint density at radius 2 is 1.90 bits per heavy atom. The van der Waals surface area contributed by atoms with Crippen molar-refractivity contribution < 1.29 is 23.0 Å². The van der Waals surface area contributed by atoms with Gasteiger partial charge in [0.05, 0.1) is 19.4 Å². The summed E-state index contributed by atoms with van der Waals surface area (Å²) >= 11 is 0. The van der Waals surface area contributed by atoms with Crippen molar-refractivity contribution in [2.75, 3.05) is 26.8 Å². The molecule has 2 aromatic carbocycles. The second kappa shape index (κ2) is 9.28. The molecule has 0 amide bonds. The van der Waals surface area contributed by atoms with E-state index in [1.54, 1.807) is 30.3 Å². The predicted octanol–water partition coefficient (Wildman–Crippen LogP) is 3.72. The Kier molecular flexibility index (Phi) is 6.76. The first kappa shape index (κ1) is 21.1. The number of phenolic OH excluding ortho intramolecular Hbond substituents is 1. The lowest BCUT2D eigenvalue weighted by Crippen LogP contribution is -2.35. The molecule has 1 aliphatic heterocycles. The smallest absolute Gasteiger partial charge is 0.246 e. The Morgan fingerprint density at radius 3 is 2.59 bits per heavy atom. The Morgan fingerprint density at radius 1 is 1.14 bits per heavy atom. The topological polar surface area (TPSA) is 88.4 Å². The van der Waals surface area contributed by atoms with Gasteiger partial charge in [0.15, 0.2) is 11.5 Å². The summed E-state index contributed by atoms with van der Waals surface area (Å²) in [5.74, 6) is 0.656. The van der Waals surface area contributed by atoms with E-state index in [4.69, 9.17) is 9.47 Å². The van der Waals surface area contributed by atoms with Crippen molar-refractivity contribution >= 4 is 21.9 Å². The van der Waals surface area contributed by atoms with Crippen LogP contribution < -0.4 is 9.47 Å². The lowest BCUT2D eigenvalue weighted by molar-refractivity contribution is 0.318. The minimum Gasteiger partial charge on any atom is -0.504 e. The molecule has 1 aliphatic rings. The van der Waals surface area contributed by atoms with Gasteiger partial charge in [0.1, 0.15) is 10.6 Å². The third-order valence-corrected chi connectivity index (χ3v) is 6.68. The van der Waals surface area contributed by atoms with Gasteiger partial charge in [-0.3, -0.25) is 4.99 Å². The van der Waals surface area contributed by atoms with E-state index in [1.165, 1.54) is 23.7 Å². The maximum atomic E-state index is 13.1. The standard InChI is InChI=1S/C21H26N2O5S/c1-3-28-19-9-7-8-16(21(19)24)15-22-17-10-11-18(27-2)20(14-17)29(25,26)23-12-5-4-6-13-23/h7-11,14-15,24H,3-6,12-13H2,1-2H3.